The molecule has 1 nitrogen and oxygen atoms in total. The summed E-state index contributed by atoms with van der Waals surface area (Å²) >= 11 is 0. The lowest BCUT2D eigenvalue weighted by atomic mass is 9.96. The van der Waals surface area contributed by atoms with E-state index in [9.17, 15) is 0 Å². The maximum absolute atomic E-state index is 3.77. The second-order valence-electron chi connectivity index (χ2n) is 5.34. The molecule has 0 spiro atoms. The molecule has 1 aliphatic carbocycles. The molecule has 1 heteroatoms. The molecule has 1 atom stereocenters. The molecule has 90 valence electrons. The molecule has 0 aliphatic heterocycles. The van der Waals surface area contributed by atoms with E-state index in [0.29, 0.717) is 0 Å². The quantitative estimate of drug-likeness (QED) is 0.721. The zero-order chi connectivity index (χ0) is 10.9. The Bertz CT molecular complexity index is 136. The zero-order valence-corrected chi connectivity index (χ0v) is 10.7. The third-order valence-electron chi connectivity index (χ3n) is 3.64. The van der Waals surface area contributed by atoms with Gasteiger partial charge in [0.1, 0.15) is 0 Å². The van der Waals surface area contributed by atoms with Gasteiger partial charge in [0.25, 0.3) is 0 Å². The molecule has 15 heavy (non-hydrogen) atoms. The van der Waals surface area contributed by atoms with Crippen LogP contribution >= 0.6 is 0 Å². The van der Waals surface area contributed by atoms with Gasteiger partial charge >= 0.3 is 0 Å². The fourth-order valence-electron chi connectivity index (χ4n) is 2.62. The van der Waals surface area contributed by atoms with Crippen molar-refractivity contribution in [3.8, 4) is 0 Å². The van der Waals surface area contributed by atoms with Crippen LogP contribution in [0.1, 0.15) is 71.6 Å². The molecule has 0 radical (unpaired) electrons. The van der Waals surface area contributed by atoms with Crippen molar-refractivity contribution in [2.75, 3.05) is 6.54 Å². The minimum absolute atomic E-state index is 0.824. The highest BCUT2D eigenvalue weighted by atomic mass is 14.9. The minimum atomic E-state index is 0.824. The van der Waals surface area contributed by atoms with E-state index in [-0.39, 0.29) is 0 Å². The summed E-state index contributed by atoms with van der Waals surface area (Å²) in [5.74, 6) is 0.862. The van der Waals surface area contributed by atoms with Crippen LogP contribution in [0.5, 0.6) is 0 Å². The van der Waals surface area contributed by atoms with E-state index in [1.54, 1.807) is 0 Å². The number of rotatable bonds is 5. The molecule has 1 rings (SSSR count). The van der Waals surface area contributed by atoms with E-state index in [1.165, 1.54) is 64.3 Å². The van der Waals surface area contributed by atoms with Crippen LogP contribution in [-0.2, 0) is 0 Å². The van der Waals surface area contributed by atoms with E-state index in [1.807, 2.05) is 0 Å². The lowest BCUT2D eigenvalue weighted by Gasteiger charge is -2.23. The Labute approximate surface area is 96.0 Å². The van der Waals surface area contributed by atoms with Crippen molar-refractivity contribution in [3.05, 3.63) is 0 Å². The van der Waals surface area contributed by atoms with Gasteiger partial charge in [-0.15, -0.1) is 0 Å². The Kier molecular flexibility index (Phi) is 7.08. The molecule has 1 fully saturated rings. The number of hydrogen-bond acceptors (Lipinski definition) is 1. The highest BCUT2D eigenvalue weighted by molar-refractivity contribution is 4.71. The number of hydrogen-bond donors (Lipinski definition) is 1. The van der Waals surface area contributed by atoms with Gasteiger partial charge in [0.05, 0.1) is 0 Å². The molecule has 0 aromatic heterocycles. The Morgan fingerprint density at radius 1 is 1.07 bits per heavy atom. The van der Waals surface area contributed by atoms with Gasteiger partial charge in [-0.05, 0) is 31.7 Å². The minimum Gasteiger partial charge on any atom is -0.314 e. The van der Waals surface area contributed by atoms with Crippen LogP contribution in [0.2, 0.25) is 0 Å². The highest BCUT2D eigenvalue weighted by Gasteiger charge is 2.11. The summed E-state index contributed by atoms with van der Waals surface area (Å²) in [6.07, 6.45) is 12.8. The first-order valence-electron chi connectivity index (χ1n) is 7.06. The zero-order valence-electron chi connectivity index (χ0n) is 10.7. The molecule has 0 aromatic rings. The molecule has 1 aliphatic rings. The fraction of sp³-hybridized carbons (Fsp3) is 1.00. The Hall–Kier alpha value is -0.0400. The molecular formula is C14H29N. The Morgan fingerprint density at radius 3 is 2.27 bits per heavy atom. The van der Waals surface area contributed by atoms with Crippen LogP contribution in [0.15, 0.2) is 0 Å². The third kappa shape index (κ3) is 6.19. The van der Waals surface area contributed by atoms with Gasteiger partial charge in [0.2, 0.25) is 0 Å². The second-order valence-corrected chi connectivity index (χ2v) is 5.34. The van der Waals surface area contributed by atoms with E-state index in [4.69, 9.17) is 0 Å². The fourth-order valence-corrected chi connectivity index (χ4v) is 2.62. The van der Waals surface area contributed by atoms with Crippen molar-refractivity contribution in [1.82, 2.24) is 5.32 Å². The van der Waals surface area contributed by atoms with Crippen LogP contribution < -0.4 is 5.32 Å². The molecular weight excluding hydrogens is 182 g/mol. The summed E-state index contributed by atoms with van der Waals surface area (Å²) in [5.41, 5.74) is 0. The first kappa shape index (κ1) is 13.0. The van der Waals surface area contributed by atoms with E-state index < -0.39 is 0 Å². The average Bonchev–Trinajstić information content (AvgIpc) is 2.16. The molecule has 1 N–H and O–H groups in total. The molecule has 0 saturated heterocycles. The van der Waals surface area contributed by atoms with Crippen molar-refractivity contribution in [2.24, 2.45) is 5.92 Å². The lowest BCUT2D eigenvalue weighted by Crippen LogP contribution is -2.33. The first-order valence-corrected chi connectivity index (χ1v) is 7.06. The predicted molar refractivity (Wildman–Crippen MR) is 68.2 cm³/mol. The number of nitrogens with one attached hydrogen (secondary N) is 1. The normalized spacial score (nSPS) is 22.0. The summed E-state index contributed by atoms with van der Waals surface area (Å²) in [5, 5.41) is 3.77. The van der Waals surface area contributed by atoms with E-state index in [0.717, 1.165) is 12.0 Å². The van der Waals surface area contributed by atoms with Crippen molar-refractivity contribution >= 4 is 0 Å². The largest absolute Gasteiger partial charge is 0.314 e. The van der Waals surface area contributed by atoms with E-state index in [2.05, 4.69) is 19.2 Å². The average molecular weight is 211 g/mol. The maximum atomic E-state index is 3.77. The van der Waals surface area contributed by atoms with Crippen LogP contribution in [0.3, 0.4) is 0 Å². The molecule has 1 saturated carbocycles. The smallest absolute Gasteiger partial charge is 0.00671 e. The molecule has 0 amide bonds. The lowest BCUT2D eigenvalue weighted by molar-refractivity contribution is 0.360. The van der Waals surface area contributed by atoms with Gasteiger partial charge in [-0.3, -0.25) is 0 Å². The monoisotopic (exact) mass is 211 g/mol. The van der Waals surface area contributed by atoms with Crippen LogP contribution in [0.25, 0.3) is 0 Å². The van der Waals surface area contributed by atoms with Crippen LogP contribution in [0, 0.1) is 5.92 Å². The van der Waals surface area contributed by atoms with Gasteiger partial charge < -0.3 is 5.32 Å². The van der Waals surface area contributed by atoms with Gasteiger partial charge in [-0.25, -0.2) is 0 Å². The maximum Gasteiger partial charge on any atom is 0.00671 e. The summed E-state index contributed by atoms with van der Waals surface area (Å²) in [6, 6.07) is 0.824. The Morgan fingerprint density at radius 2 is 1.67 bits per heavy atom. The van der Waals surface area contributed by atoms with Gasteiger partial charge in [0.15, 0.2) is 0 Å². The van der Waals surface area contributed by atoms with Crippen molar-refractivity contribution in [3.63, 3.8) is 0 Å². The standard InChI is InChI=1S/C14H29N/c1-3-9-13(2)12-15-14-10-7-5-4-6-8-11-14/h13-15H,3-12H2,1-2H3. The summed E-state index contributed by atoms with van der Waals surface area (Å²) in [4.78, 5) is 0. The second kappa shape index (κ2) is 8.15. The van der Waals surface area contributed by atoms with Crippen molar-refractivity contribution in [1.29, 1.82) is 0 Å². The topological polar surface area (TPSA) is 12.0 Å². The summed E-state index contributed by atoms with van der Waals surface area (Å²) in [6.45, 7) is 5.89. The molecule has 0 bridgehead atoms. The SMILES string of the molecule is CCCC(C)CNC1CCCCCCC1. The van der Waals surface area contributed by atoms with Crippen LogP contribution in [-0.4, -0.2) is 12.6 Å². The summed E-state index contributed by atoms with van der Waals surface area (Å²) < 4.78 is 0. The van der Waals surface area contributed by atoms with Crippen molar-refractivity contribution in [2.45, 2.75) is 77.7 Å². The molecule has 0 heterocycles. The summed E-state index contributed by atoms with van der Waals surface area (Å²) in [7, 11) is 0. The molecule has 1 unspecified atom stereocenters. The van der Waals surface area contributed by atoms with Gasteiger partial charge in [0, 0.05) is 6.04 Å². The van der Waals surface area contributed by atoms with Gasteiger partial charge in [-0.2, -0.15) is 0 Å². The van der Waals surface area contributed by atoms with Gasteiger partial charge in [-0.1, -0.05) is 52.4 Å². The van der Waals surface area contributed by atoms with Crippen molar-refractivity contribution < 1.29 is 0 Å². The highest BCUT2D eigenvalue weighted by Crippen LogP contribution is 2.17. The Balaban J connectivity index is 2.11. The third-order valence-corrected chi connectivity index (χ3v) is 3.64. The first-order chi connectivity index (χ1) is 7.33. The predicted octanol–water partition coefficient (Wildman–Crippen LogP) is 4.13. The molecule has 0 aromatic carbocycles. The van der Waals surface area contributed by atoms with E-state index >= 15 is 0 Å². The van der Waals surface area contributed by atoms with Crippen LogP contribution in [0.4, 0.5) is 0 Å².